The van der Waals surface area contributed by atoms with E-state index in [1.807, 2.05) is 0 Å². The van der Waals surface area contributed by atoms with Crippen molar-refractivity contribution in [3.63, 3.8) is 0 Å². The maximum Gasteiger partial charge on any atom is 0.00723 e. The number of hydrogen-bond acceptors (Lipinski definition) is 1. The van der Waals surface area contributed by atoms with Gasteiger partial charge in [0.1, 0.15) is 0 Å². The van der Waals surface area contributed by atoms with Gasteiger partial charge in [-0.2, -0.15) is 0 Å². The van der Waals surface area contributed by atoms with Gasteiger partial charge in [-0.15, -0.1) is 0 Å². The van der Waals surface area contributed by atoms with Crippen molar-refractivity contribution in [2.24, 2.45) is 17.8 Å². The molecule has 2 unspecified atom stereocenters. The lowest BCUT2D eigenvalue weighted by Gasteiger charge is -2.35. The second-order valence-electron chi connectivity index (χ2n) is 5.92. The van der Waals surface area contributed by atoms with Crippen LogP contribution in [0.5, 0.6) is 0 Å². The van der Waals surface area contributed by atoms with Gasteiger partial charge in [0.15, 0.2) is 0 Å². The first kappa shape index (κ1) is 9.21. The first-order valence-electron chi connectivity index (χ1n) is 6.59. The molecule has 0 aromatic carbocycles. The lowest BCUT2D eigenvalue weighted by molar-refractivity contribution is 0.214. The minimum absolute atomic E-state index is 0.801. The third kappa shape index (κ3) is 1.50. The molecule has 0 saturated heterocycles. The van der Waals surface area contributed by atoms with E-state index in [1.165, 1.54) is 38.5 Å². The summed E-state index contributed by atoms with van der Waals surface area (Å²) in [7, 11) is 0. The van der Waals surface area contributed by atoms with Crippen molar-refractivity contribution in [1.82, 2.24) is 5.32 Å². The third-order valence-electron chi connectivity index (χ3n) is 5.04. The summed E-state index contributed by atoms with van der Waals surface area (Å²) in [5, 5.41) is 3.84. The van der Waals surface area contributed by atoms with E-state index in [1.54, 1.807) is 6.42 Å². The molecule has 3 rings (SSSR count). The average molecular weight is 193 g/mol. The summed E-state index contributed by atoms with van der Waals surface area (Å²) in [5.41, 5.74) is 0. The van der Waals surface area contributed by atoms with E-state index < -0.39 is 0 Å². The summed E-state index contributed by atoms with van der Waals surface area (Å²) < 4.78 is 0. The van der Waals surface area contributed by atoms with Crippen LogP contribution < -0.4 is 5.32 Å². The molecule has 4 atom stereocenters. The van der Waals surface area contributed by atoms with Crippen LogP contribution in [0.15, 0.2) is 0 Å². The molecule has 0 aliphatic heterocycles. The first-order chi connectivity index (χ1) is 6.83. The van der Waals surface area contributed by atoms with E-state index in [2.05, 4.69) is 12.2 Å². The molecule has 80 valence electrons. The largest absolute Gasteiger partial charge is 0.311 e. The lowest BCUT2D eigenvalue weighted by atomic mass is 9.82. The van der Waals surface area contributed by atoms with Gasteiger partial charge < -0.3 is 5.32 Å². The van der Waals surface area contributed by atoms with Crippen LogP contribution in [0.2, 0.25) is 0 Å². The zero-order chi connectivity index (χ0) is 9.54. The quantitative estimate of drug-likeness (QED) is 0.726. The molecule has 3 aliphatic rings. The molecule has 3 fully saturated rings. The Morgan fingerprint density at radius 1 is 1.07 bits per heavy atom. The summed E-state index contributed by atoms with van der Waals surface area (Å²) >= 11 is 0. The van der Waals surface area contributed by atoms with Gasteiger partial charge in [0.25, 0.3) is 0 Å². The fourth-order valence-electron chi connectivity index (χ4n) is 3.98. The second kappa shape index (κ2) is 3.52. The molecule has 0 amide bonds. The van der Waals surface area contributed by atoms with Crippen molar-refractivity contribution >= 4 is 0 Å². The van der Waals surface area contributed by atoms with Gasteiger partial charge in [0.05, 0.1) is 0 Å². The smallest absolute Gasteiger partial charge is 0.00723 e. The molecule has 1 nitrogen and oxygen atoms in total. The molecular weight excluding hydrogens is 170 g/mol. The Morgan fingerprint density at radius 2 is 1.93 bits per heavy atom. The number of fused-ring (bicyclic) bond motifs is 2. The van der Waals surface area contributed by atoms with E-state index in [0.717, 1.165) is 29.8 Å². The molecule has 3 aliphatic carbocycles. The Balaban J connectivity index is 1.54. The van der Waals surface area contributed by atoms with E-state index in [-0.39, 0.29) is 0 Å². The number of rotatable bonds is 3. The van der Waals surface area contributed by atoms with Gasteiger partial charge in [-0.1, -0.05) is 12.8 Å². The van der Waals surface area contributed by atoms with Gasteiger partial charge in [0, 0.05) is 12.1 Å². The van der Waals surface area contributed by atoms with Crippen LogP contribution >= 0.6 is 0 Å². The molecule has 0 heterocycles. The molecule has 2 bridgehead atoms. The van der Waals surface area contributed by atoms with Crippen LogP contribution in [0.3, 0.4) is 0 Å². The van der Waals surface area contributed by atoms with Gasteiger partial charge in [0.2, 0.25) is 0 Å². The maximum absolute atomic E-state index is 3.84. The normalized spacial score (nSPS) is 43.9. The minimum atomic E-state index is 0.801. The van der Waals surface area contributed by atoms with Crippen LogP contribution in [0, 0.1) is 17.8 Å². The maximum atomic E-state index is 3.84. The highest BCUT2D eigenvalue weighted by Crippen LogP contribution is 2.49. The second-order valence-corrected chi connectivity index (χ2v) is 5.92. The van der Waals surface area contributed by atoms with Crippen LogP contribution in [-0.2, 0) is 0 Å². The Bertz CT molecular complexity index is 209. The summed E-state index contributed by atoms with van der Waals surface area (Å²) in [6.45, 7) is 2.43. The predicted molar refractivity (Wildman–Crippen MR) is 59.2 cm³/mol. The summed E-state index contributed by atoms with van der Waals surface area (Å²) in [4.78, 5) is 0. The highest BCUT2D eigenvalue weighted by molar-refractivity contribution is 4.95. The van der Waals surface area contributed by atoms with Crippen molar-refractivity contribution in [1.29, 1.82) is 0 Å². The first-order valence-corrected chi connectivity index (χ1v) is 6.59. The van der Waals surface area contributed by atoms with E-state index in [0.29, 0.717) is 0 Å². The van der Waals surface area contributed by atoms with Gasteiger partial charge in [-0.3, -0.25) is 0 Å². The third-order valence-corrected chi connectivity index (χ3v) is 5.04. The molecule has 0 spiro atoms. The molecular formula is C13H23N. The highest BCUT2D eigenvalue weighted by atomic mass is 15.0. The Kier molecular flexibility index (Phi) is 2.31. The SMILES string of the molecule is CC(NC1CCC1)C1C[C@@H]2CC[C@H]1C2. The summed E-state index contributed by atoms with van der Waals surface area (Å²) in [5.74, 6) is 3.22. The van der Waals surface area contributed by atoms with Crippen molar-refractivity contribution in [2.75, 3.05) is 0 Å². The number of nitrogens with one attached hydrogen (secondary N) is 1. The standard InChI is InChI=1S/C13H23N/c1-9(14-12-3-2-4-12)13-8-10-5-6-11(13)7-10/h9-14H,2-8H2,1H3/t9?,10-,11+,13?/m1/s1. The van der Waals surface area contributed by atoms with Crippen LogP contribution in [0.1, 0.15) is 51.9 Å². The topological polar surface area (TPSA) is 12.0 Å². The summed E-state index contributed by atoms with van der Waals surface area (Å²) in [6.07, 6.45) is 10.5. The van der Waals surface area contributed by atoms with Crippen LogP contribution in [-0.4, -0.2) is 12.1 Å². The number of hydrogen-bond donors (Lipinski definition) is 1. The minimum Gasteiger partial charge on any atom is -0.311 e. The van der Waals surface area contributed by atoms with Crippen molar-refractivity contribution in [2.45, 2.75) is 64.0 Å². The molecule has 14 heavy (non-hydrogen) atoms. The van der Waals surface area contributed by atoms with Gasteiger partial charge in [-0.25, -0.2) is 0 Å². The fourth-order valence-corrected chi connectivity index (χ4v) is 3.98. The van der Waals surface area contributed by atoms with Gasteiger partial charge in [-0.05, 0) is 56.8 Å². The van der Waals surface area contributed by atoms with Crippen LogP contribution in [0.25, 0.3) is 0 Å². The Hall–Kier alpha value is -0.0400. The fraction of sp³-hybridized carbons (Fsp3) is 1.00. The summed E-state index contributed by atoms with van der Waals surface area (Å²) in [6, 6.07) is 1.68. The van der Waals surface area contributed by atoms with E-state index >= 15 is 0 Å². The molecule has 1 heteroatoms. The monoisotopic (exact) mass is 193 g/mol. The van der Waals surface area contributed by atoms with Crippen molar-refractivity contribution in [3.8, 4) is 0 Å². The van der Waals surface area contributed by atoms with Gasteiger partial charge >= 0.3 is 0 Å². The highest BCUT2D eigenvalue weighted by Gasteiger charge is 2.42. The van der Waals surface area contributed by atoms with E-state index in [4.69, 9.17) is 0 Å². The molecule has 0 aromatic heterocycles. The van der Waals surface area contributed by atoms with E-state index in [9.17, 15) is 0 Å². The van der Waals surface area contributed by atoms with Crippen LogP contribution in [0.4, 0.5) is 0 Å². The molecule has 0 radical (unpaired) electrons. The Labute approximate surface area is 87.7 Å². The predicted octanol–water partition coefficient (Wildman–Crippen LogP) is 2.95. The zero-order valence-electron chi connectivity index (χ0n) is 9.34. The zero-order valence-corrected chi connectivity index (χ0v) is 9.34. The molecule has 1 N–H and O–H groups in total. The molecule has 0 aromatic rings. The molecule has 3 saturated carbocycles. The van der Waals surface area contributed by atoms with Crippen molar-refractivity contribution in [3.05, 3.63) is 0 Å². The Morgan fingerprint density at radius 3 is 2.43 bits per heavy atom. The van der Waals surface area contributed by atoms with Crippen molar-refractivity contribution < 1.29 is 0 Å². The lowest BCUT2D eigenvalue weighted by Crippen LogP contribution is -2.45. The average Bonchev–Trinajstić information content (AvgIpc) is 2.71.